The van der Waals surface area contributed by atoms with Gasteiger partial charge in [0.15, 0.2) is 0 Å². The van der Waals surface area contributed by atoms with Gasteiger partial charge < -0.3 is 9.64 Å². The van der Waals surface area contributed by atoms with Crippen molar-refractivity contribution in [3.63, 3.8) is 0 Å². The maximum atomic E-state index is 12.8. The summed E-state index contributed by atoms with van der Waals surface area (Å²) in [6, 6.07) is 0. The standard InChI is InChI=1S/C28H55NO3/c1-4-7-10-13-16-21-26-32-28(31)23-18-17-22-27(30)29(24-19-14-11-8-5-2)25-20-15-12-9-6-3/h4-26H2,1-3H3. The van der Waals surface area contributed by atoms with E-state index in [0.717, 1.165) is 51.6 Å². The van der Waals surface area contributed by atoms with Gasteiger partial charge in [0.1, 0.15) is 0 Å². The second-order valence-electron chi connectivity index (χ2n) is 9.40. The molecule has 190 valence electrons. The molecule has 0 unspecified atom stereocenters. The number of carbonyl (C=O) groups is 2. The van der Waals surface area contributed by atoms with Gasteiger partial charge in [-0.2, -0.15) is 0 Å². The minimum atomic E-state index is -0.102. The van der Waals surface area contributed by atoms with E-state index in [1.54, 1.807) is 0 Å². The third-order valence-electron chi connectivity index (χ3n) is 6.20. The Balaban J connectivity index is 3.98. The third-order valence-corrected chi connectivity index (χ3v) is 6.20. The Morgan fingerprint density at radius 1 is 0.531 bits per heavy atom. The van der Waals surface area contributed by atoms with Crippen molar-refractivity contribution in [2.75, 3.05) is 19.7 Å². The van der Waals surface area contributed by atoms with E-state index in [2.05, 4.69) is 25.7 Å². The molecular formula is C28H55NO3. The highest BCUT2D eigenvalue weighted by atomic mass is 16.5. The Labute approximate surface area is 200 Å². The van der Waals surface area contributed by atoms with Crippen LogP contribution in [0.4, 0.5) is 0 Å². The van der Waals surface area contributed by atoms with Gasteiger partial charge in [-0.15, -0.1) is 0 Å². The number of amides is 1. The summed E-state index contributed by atoms with van der Waals surface area (Å²) >= 11 is 0. The van der Waals surface area contributed by atoms with Gasteiger partial charge in [-0.1, -0.05) is 104 Å². The van der Waals surface area contributed by atoms with Crippen LogP contribution in [0.2, 0.25) is 0 Å². The van der Waals surface area contributed by atoms with Gasteiger partial charge in [-0.05, 0) is 32.1 Å². The highest BCUT2D eigenvalue weighted by Gasteiger charge is 2.13. The Morgan fingerprint density at radius 2 is 0.969 bits per heavy atom. The maximum absolute atomic E-state index is 12.8. The van der Waals surface area contributed by atoms with E-state index in [1.165, 1.54) is 77.0 Å². The summed E-state index contributed by atoms with van der Waals surface area (Å²) in [6.45, 7) is 9.03. The molecule has 0 fully saturated rings. The second-order valence-corrected chi connectivity index (χ2v) is 9.40. The molecule has 0 atom stereocenters. The summed E-state index contributed by atoms with van der Waals surface area (Å²) in [5.74, 6) is 0.172. The maximum Gasteiger partial charge on any atom is 0.305 e. The zero-order valence-electron chi connectivity index (χ0n) is 21.9. The van der Waals surface area contributed by atoms with Gasteiger partial charge in [-0.25, -0.2) is 0 Å². The molecule has 0 aromatic rings. The van der Waals surface area contributed by atoms with Crippen LogP contribution in [0.5, 0.6) is 0 Å². The zero-order valence-corrected chi connectivity index (χ0v) is 21.9. The predicted octanol–water partition coefficient (Wildman–Crippen LogP) is 8.22. The normalized spacial score (nSPS) is 11.0. The summed E-state index contributed by atoms with van der Waals surface area (Å²) in [6.07, 6.45) is 22.0. The van der Waals surface area contributed by atoms with Gasteiger partial charge in [0, 0.05) is 25.9 Å². The predicted molar refractivity (Wildman–Crippen MR) is 137 cm³/mol. The molecule has 0 aromatic carbocycles. The molecule has 1 amide bonds. The number of hydrogen-bond acceptors (Lipinski definition) is 3. The van der Waals surface area contributed by atoms with Crippen molar-refractivity contribution in [3.8, 4) is 0 Å². The molecule has 0 saturated carbocycles. The first-order valence-electron chi connectivity index (χ1n) is 14.1. The summed E-state index contributed by atoms with van der Waals surface area (Å²) in [5.41, 5.74) is 0. The monoisotopic (exact) mass is 453 g/mol. The zero-order chi connectivity index (χ0) is 23.7. The lowest BCUT2D eigenvalue weighted by molar-refractivity contribution is -0.144. The van der Waals surface area contributed by atoms with Crippen molar-refractivity contribution in [2.24, 2.45) is 0 Å². The first-order chi connectivity index (χ1) is 15.7. The molecule has 0 spiro atoms. The van der Waals surface area contributed by atoms with Gasteiger partial charge in [-0.3, -0.25) is 9.59 Å². The van der Waals surface area contributed by atoms with E-state index in [9.17, 15) is 9.59 Å². The Kier molecular flexibility index (Phi) is 23.8. The van der Waals surface area contributed by atoms with Crippen molar-refractivity contribution >= 4 is 11.9 Å². The molecule has 0 heterocycles. The lowest BCUT2D eigenvalue weighted by atomic mass is 10.1. The highest BCUT2D eigenvalue weighted by Crippen LogP contribution is 2.11. The van der Waals surface area contributed by atoms with Crippen LogP contribution >= 0.6 is 0 Å². The number of esters is 1. The first kappa shape index (κ1) is 30.9. The van der Waals surface area contributed by atoms with Crippen molar-refractivity contribution < 1.29 is 14.3 Å². The smallest absolute Gasteiger partial charge is 0.305 e. The van der Waals surface area contributed by atoms with Gasteiger partial charge in [0.25, 0.3) is 0 Å². The van der Waals surface area contributed by atoms with Crippen LogP contribution in [-0.2, 0) is 14.3 Å². The van der Waals surface area contributed by atoms with Crippen LogP contribution in [0, 0.1) is 0 Å². The summed E-state index contributed by atoms with van der Waals surface area (Å²) < 4.78 is 5.34. The van der Waals surface area contributed by atoms with E-state index >= 15 is 0 Å². The molecule has 0 bridgehead atoms. The number of hydrogen-bond donors (Lipinski definition) is 0. The van der Waals surface area contributed by atoms with Crippen LogP contribution in [-0.4, -0.2) is 36.5 Å². The van der Waals surface area contributed by atoms with Gasteiger partial charge >= 0.3 is 5.97 Å². The van der Waals surface area contributed by atoms with Gasteiger partial charge in [0.2, 0.25) is 5.91 Å². The summed E-state index contributed by atoms with van der Waals surface area (Å²) in [7, 11) is 0. The molecule has 0 rings (SSSR count). The lowest BCUT2D eigenvalue weighted by Crippen LogP contribution is -2.32. The van der Waals surface area contributed by atoms with Crippen LogP contribution in [0.15, 0.2) is 0 Å². The van der Waals surface area contributed by atoms with Crippen molar-refractivity contribution in [1.29, 1.82) is 0 Å². The lowest BCUT2D eigenvalue weighted by Gasteiger charge is -2.23. The quantitative estimate of drug-likeness (QED) is 0.109. The molecular weight excluding hydrogens is 398 g/mol. The van der Waals surface area contributed by atoms with E-state index in [0.29, 0.717) is 19.4 Å². The topological polar surface area (TPSA) is 46.6 Å². The Morgan fingerprint density at radius 3 is 1.50 bits per heavy atom. The van der Waals surface area contributed by atoms with E-state index in [-0.39, 0.29) is 11.9 Å². The molecule has 0 aliphatic heterocycles. The molecule has 4 heteroatoms. The number of unbranched alkanes of at least 4 members (excludes halogenated alkanes) is 14. The highest BCUT2D eigenvalue weighted by molar-refractivity contribution is 5.76. The molecule has 0 aromatic heterocycles. The molecule has 0 aliphatic rings. The van der Waals surface area contributed by atoms with Crippen LogP contribution < -0.4 is 0 Å². The Bertz CT molecular complexity index is 411. The van der Waals surface area contributed by atoms with Crippen molar-refractivity contribution in [3.05, 3.63) is 0 Å². The number of ether oxygens (including phenoxy) is 1. The average molecular weight is 454 g/mol. The van der Waals surface area contributed by atoms with E-state index < -0.39 is 0 Å². The fourth-order valence-corrected chi connectivity index (χ4v) is 4.02. The van der Waals surface area contributed by atoms with Gasteiger partial charge in [0.05, 0.1) is 6.61 Å². The molecule has 32 heavy (non-hydrogen) atoms. The first-order valence-corrected chi connectivity index (χ1v) is 14.1. The number of carbonyl (C=O) groups excluding carboxylic acids is 2. The average Bonchev–Trinajstić information content (AvgIpc) is 2.79. The van der Waals surface area contributed by atoms with Crippen LogP contribution in [0.3, 0.4) is 0 Å². The molecule has 0 N–H and O–H groups in total. The largest absolute Gasteiger partial charge is 0.466 e. The fourth-order valence-electron chi connectivity index (χ4n) is 4.02. The molecule has 0 saturated heterocycles. The number of nitrogens with zero attached hydrogens (tertiary/aromatic N) is 1. The third kappa shape index (κ3) is 20.8. The summed E-state index contributed by atoms with van der Waals surface area (Å²) in [5, 5.41) is 0. The summed E-state index contributed by atoms with van der Waals surface area (Å²) in [4.78, 5) is 26.7. The van der Waals surface area contributed by atoms with E-state index in [4.69, 9.17) is 4.74 Å². The van der Waals surface area contributed by atoms with Crippen molar-refractivity contribution in [2.45, 2.75) is 149 Å². The minimum Gasteiger partial charge on any atom is -0.466 e. The van der Waals surface area contributed by atoms with Crippen LogP contribution in [0.25, 0.3) is 0 Å². The van der Waals surface area contributed by atoms with Crippen LogP contribution in [0.1, 0.15) is 149 Å². The molecule has 4 nitrogen and oxygen atoms in total. The van der Waals surface area contributed by atoms with E-state index in [1.807, 2.05) is 0 Å². The Hall–Kier alpha value is -1.06. The fraction of sp³-hybridized carbons (Fsp3) is 0.929. The number of rotatable bonds is 24. The second kappa shape index (κ2) is 24.6. The SMILES string of the molecule is CCCCCCCCOC(=O)CCCCC(=O)N(CCCCCCC)CCCCCCC. The minimum absolute atomic E-state index is 0.102. The molecule has 0 radical (unpaired) electrons. The van der Waals surface area contributed by atoms with Crippen molar-refractivity contribution in [1.82, 2.24) is 4.90 Å². The molecule has 0 aliphatic carbocycles.